The molecule has 0 radical (unpaired) electrons. The minimum absolute atomic E-state index is 0.0702. The van der Waals surface area contributed by atoms with E-state index in [4.69, 9.17) is 4.74 Å². The number of ether oxygens (including phenoxy) is 1. The number of sulfonamides is 1. The third-order valence-electron chi connectivity index (χ3n) is 3.63. The van der Waals surface area contributed by atoms with Crippen molar-refractivity contribution in [2.45, 2.75) is 11.1 Å². The standard InChI is InChI=1S/C17H17F3N2O4S/c1-22(2)27(24,25)15-10-13(7-8-14(15)26-3)21-16(23)11-5-4-6-12(9-11)17(18,19)20/h4-10H,1-3H3,(H,21,23). The van der Waals surface area contributed by atoms with E-state index in [-0.39, 0.29) is 21.9 Å². The smallest absolute Gasteiger partial charge is 0.416 e. The summed E-state index contributed by atoms with van der Waals surface area (Å²) in [4.78, 5) is 12.1. The number of hydrogen-bond donors (Lipinski definition) is 1. The van der Waals surface area contributed by atoms with E-state index in [0.29, 0.717) is 0 Å². The molecular formula is C17H17F3N2O4S. The Hall–Kier alpha value is -2.59. The van der Waals surface area contributed by atoms with Gasteiger partial charge in [-0.05, 0) is 36.4 Å². The monoisotopic (exact) mass is 402 g/mol. The Labute approximate surface area is 154 Å². The average molecular weight is 402 g/mol. The van der Waals surface area contributed by atoms with E-state index in [1.165, 1.54) is 45.5 Å². The van der Waals surface area contributed by atoms with Gasteiger partial charge in [0.25, 0.3) is 5.91 Å². The van der Waals surface area contributed by atoms with Crippen molar-refractivity contribution in [3.8, 4) is 5.75 Å². The van der Waals surface area contributed by atoms with Gasteiger partial charge in [0.15, 0.2) is 0 Å². The van der Waals surface area contributed by atoms with Crippen LogP contribution in [-0.2, 0) is 16.2 Å². The topological polar surface area (TPSA) is 75.7 Å². The van der Waals surface area contributed by atoms with Crippen LogP contribution < -0.4 is 10.1 Å². The minimum atomic E-state index is -4.58. The molecule has 0 saturated heterocycles. The van der Waals surface area contributed by atoms with Crippen LogP contribution in [0.2, 0.25) is 0 Å². The van der Waals surface area contributed by atoms with Crippen LogP contribution in [0.5, 0.6) is 5.75 Å². The summed E-state index contributed by atoms with van der Waals surface area (Å²) in [6, 6.07) is 7.83. The lowest BCUT2D eigenvalue weighted by atomic mass is 10.1. The number of anilines is 1. The van der Waals surface area contributed by atoms with Crippen LogP contribution >= 0.6 is 0 Å². The number of carbonyl (C=O) groups excluding carboxylic acids is 1. The molecule has 0 atom stereocenters. The van der Waals surface area contributed by atoms with Crippen molar-refractivity contribution in [2.24, 2.45) is 0 Å². The van der Waals surface area contributed by atoms with Crippen molar-refractivity contribution >= 4 is 21.6 Å². The SMILES string of the molecule is COc1ccc(NC(=O)c2cccc(C(F)(F)F)c2)cc1S(=O)(=O)N(C)C. The van der Waals surface area contributed by atoms with Gasteiger partial charge in [0.05, 0.1) is 12.7 Å². The maximum Gasteiger partial charge on any atom is 0.416 e. The van der Waals surface area contributed by atoms with Crippen LogP contribution in [0.4, 0.5) is 18.9 Å². The molecule has 146 valence electrons. The molecule has 0 aliphatic rings. The predicted molar refractivity (Wildman–Crippen MR) is 93.3 cm³/mol. The lowest BCUT2D eigenvalue weighted by molar-refractivity contribution is -0.137. The highest BCUT2D eigenvalue weighted by atomic mass is 32.2. The third-order valence-corrected chi connectivity index (χ3v) is 5.47. The second kappa shape index (κ2) is 7.57. The van der Waals surface area contributed by atoms with Crippen LogP contribution in [0.1, 0.15) is 15.9 Å². The molecule has 1 N–H and O–H groups in total. The Balaban J connectivity index is 2.37. The number of halogens is 3. The molecule has 10 heteroatoms. The van der Waals surface area contributed by atoms with Crippen molar-refractivity contribution in [1.29, 1.82) is 0 Å². The highest BCUT2D eigenvalue weighted by molar-refractivity contribution is 7.89. The first-order valence-electron chi connectivity index (χ1n) is 7.56. The number of alkyl halides is 3. The quantitative estimate of drug-likeness (QED) is 0.833. The summed E-state index contributed by atoms with van der Waals surface area (Å²) in [5.74, 6) is -0.736. The third kappa shape index (κ3) is 4.58. The Morgan fingerprint density at radius 3 is 2.33 bits per heavy atom. The molecule has 2 rings (SSSR count). The molecule has 0 fully saturated rings. The van der Waals surface area contributed by atoms with E-state index in [1.54, 1.807) is 0 Å². The van der Waals surface area contributed by atoms with Crippen LogP contribution in [0.3, 0.4) is 0 Å². The van der Waals surface area contributed by atoms with Gasteiger partial charge in [0, 0.05) is 25.3 Å². The lowest BCUT2D eigenvalue weighted by Crippen LogP contribution is -2.23. The van der Waals surface area contributed by atoms with Crippen molar-refractivity contribution in [1.82, 2.24) is 4.31 Å². The van der Waals surface area contributed by atoms with E-state index in [0.717, 1.165) is 22.5 Å². The summed E-state index contributed by atoms with van der Waals surface area (Å²) in [6.07, 6.45) is -4.58. The molecule has 6 nitrogen and oxygen atoms in total. The molecule has 0 saturated carbocycles. The molecule has 2 aromatic rings. The summed E-state index contributed by atoms with van der Waals surface area (Å²) < 4.78 is 69.1. The fourth-order valence-electron chi connectivity index (χ4n) is 2.19. The summed E-state index contributed by atoms with van der Waals surface area (Å²) in [6.45, 7) is 0. The van der Waals surface area contributed by atoms with Crippen LogP contribution in [0.25, 0.3) is 0 Å². The van der Waals surface area contributed by atoms with Crippen molar-refractivity contribution in [3.05, 3.63) is 53.6 Å². The Bertz CT molecular complexity index is 957. The normalized spacial score (nSPS) is 12.1. The molecule has 0 unspecified atom stereocenters. The Morgan fingerprint density at radius 2 is 1.78 bits per heavy atom. The van der Waals surface area contributed by atoms with E-state index in [9.17, 15) is 26.4 Å². The number of carbonyl (C=O) groups is 1. The predicted octanol–water partition coefficient (Wildman–Crippen LogP) is 3.22. The number of nitrogens with one attached hydrogen (secondary N) is 1. The molecule has 2 aromatic carbocycles. The Kier molecular flexibility index (Phi) is 5.81. The summed E-state index contributed by atoms with van der Waals surface area (Å²) in [5, 5.41) is 2.39. The zero-order valence-electron chi connectivity index (χ0n) is 14.7. The Morgan fingerprint density at radius 1 is 1.11 bits per heavy atom. The second-order valence-electron chi connectivity index (χ2n) is 5.69. The highest BCUT2D eigenvalue weighted by Gasteiger charge is 2.31. The first-order chi connectivity index (χ1) is 12.5. The average Bonchev–Trinajstić information content (AvgIpc) is 2.60. The summed E-state index contributed by atoms with van der Waals surface area (Å²) in [7, 11) is 0.108. The second-order valence-corrected chi connectivity index (χ2v) is 7.81. The molecule has 0 aliphatic carbocycles. The zero-order chi connectivity index (χ0) is 20.4. The van der Waals surface area contributed by atoms with Gasteiger partial charge >= 0.3 is 6.18 Å². The van der Waals surface area contributed by atoms with Gasteiger partial charge in [-0.2, -0.15) is 13.2 Å². The number of methoxy groups -OCH3 is 1. The summed E-state index contributed by atoms with van der Waals surface area (Å²) in [5.41, 5.74) is -1.07. The van der Waals surface area contributed by atoms with Gasteiger partial charge in [-0.25, -0.2) is 12.7 Å². The first-order valence-corrected chi connectivity index (χ1v) is 9.00. The molecule has 0 bridgehead atoms. The number of hydrogen-bond acceptors (Lipinski definition) is 4. The highest BCUT2D eigenvalue weighted by Crippen LogP contribution is 2.31. The van der Waals surface area contributed by atoms with Gasteiger partial charge in [0.1, 0.15) is 10.6 Å². The van der Waals surface area contributed by atoms with Crippen molar-refractivity contribution in [2.75, 3.05) is 26.5 Å². The maximum atomic E-state index is 12.8. The van der Waals surface area contributed by atoms with E-state index in [1.807, 2.05) is 0 Å². The minimum Gasteiger partial charge on any atom is -0.495 e. The van der Waals surface area contributed by atoms with Gasteiger partial charge in [-0.1, -0.05) is 6.07 Å². The van der Waals surface area contributed by atoms with Gasteiger partial charge < -0.3 is 10.1 Å². The van der Waals surface area contributed by atoms with E-state index < -0.39 is 27.7 Å². The molecule has 0 aromatic heterocycles. The molecule has 0 spiro atoms. The molecular weight excluding hydrogens is 385 g/mol. The first kappa shape index (κ1) is 20.7. The van der Waals surface area contributed by atoms with Crippen molar-refractivity contribution < 1.29 is 31.1 Å². The van der Waals surface area contributed by atoms with E-state index in [2.05, 4.69) is 5.32 Å². The van der Waals surface area contributed by atoms with Crippen molar-refractivity contribution in [3.63, 3.8) is 0 Å². The van der Waals surface area contributed by atoms with Gasteiger partial charge in [-0.15, -0.1) is 0 Å². The fraction of sp³-hybridized carbons (Fsp3) is 0.235. The number of benzene rings is 2. The number of nitrogens with zero attached hydrogens (tertiary/aromatic N) is 1. The molecule has 1 amide bonds. The van der Waals surface area contributed by atoms with E-state index >= 15 is 0 Å². The molecule has 27 heavy (non-hydrogen) atoms. The maximum absolute atomic E-state index is 12.8. The van der Waals surface area contributed by atoms with Crippen LogP contribution in [-0.4, -0.2) is 39.8 Å². The number of rotatable bonds is 5. The van der Waals surface area contributed by atoms with Gasteiger partial charge in [0.2, 0.25) is 10.0 Å². The zero-order valence-corrected chi connectivity index (χ0v) is 15.5. The van der Waals surface area contributed by atoms with Gasteiger partial charge in [-0.3, -0.25) is 4.79 Å². The molecule has 0 aliphatic heterocycles. The van der Waals surface area contributed by atoms with Crippen LogP contribution in [0.15, 0.2) is 47.4 Å². The molecule has 0 heterocycles. The number of amides is 1. The lowest BCUT2D eigenvalue weighted by Gasteiger charge is -2.16. The largest absolute Gasteiger partial charge is 0.495 e. The fourth-order valence-corrected chi connectivity index (χ4v) is 3.27. The summed E-state index contributed by atoms with van der Waals surface area (Å²) >= 11 is 0. The van der Waals surface area contributed by atoms with Crippen LogP contribution in [0, 0.1) is 0 Å².